The van der Waals surface area contributed by atoms with E-state index in [1.807, 2.05) is 25.7 Å². The molecule has 1 aliphatic heterocycles. The molecule has 0 bridgehead atoms. The van der Waals surface area contributed by atoms with Gasteiger partial charge in [0.15, 0.2) is 0 Å². The molecule has 138 valence electrons. The van der Waals surface area contributed by atoms with E-state index in [0.717, 1.165) is 43.4 Å². The van der Waals surface area contributed by atoms with Crippen LogP contribution in [-0.4, -0.2) is 36.2 Å². The van der Waals surface area contributed by atoms with Gasteiger partial charge >= 0.3 is 6.09 Å². The van der Waals surface area contributed by atoms with Gasteiger partial charge in [-0.2, -0.15) is 0 Å². The maximum atomic E-state index is 12.1. The summed E-state index contributed by atoms with van der Waals surface area (Å²) < 4.78 is 6.63. The molecule has 4 nitrogen and oxygen atoms in total. The first-order valence-electron chi connectivity index (χ1n) is 9.31. The Hall–Kier alpha value is -1.07. The van der Waals surface area contributed by atoms with Crippen molar-refractivity contribution >= 4 is 22.0 Å². The second-order valence-corrected chi connectivity index (χ2v) is 9.17. The highest BCUT2D eigenvalue weighted by Gasteiger charge is 2.30. The molecule has 5 heteroatoms. The van der Waals surface area contributed by atoms with Crippen LogP contribution in [0.1, 0.15) is 57.2 Å². The largest absolute Gasteiger partial charge is 0.444 e. The number of aryl methyl sites for hydroxylation is 1. The SMILES string of the molecule is CC(C)(C)OC(=O)N1CCC(CCNC2CCc3ccc(Br)cc32)C1. The summed E-state index contributed by atoms with van der Waals surface area (Å²) in [7, 11) is 0. The maximum absolute atomic E-state index is 12.1. The van der Waals surface area contributed by atoms with Gasteiger partial charge in [-0.05, 0) is 82.2 Å². The first-order valence-corrected chi connectivity index (χ1v) is 10.1. The first kappa shape index (κ1) is 18.7. The molecule has 1 amide bonds. The van der Waals surface area contributed by atoms with Gasteiger partial charge in [-0.3, -0.25) is 0 Å². The van der Waals surface area contributed by atoms with Crippen molar-refractivity contribution in [3.63, 3.8) is 0 Å². The molecule has 1 saturated heterocycles. The number of hydrogen-bond donors (Lipinski definition) is 1. The van der Waals surface area contributed by atoms with Gasteiger partial charge < -0.3 is 15.0 Å². The standard InChI is InChI=1S/C20H29BrN2O2/c1-20(2,3)25-19(24)23-11-9-14(13-23)8-10-22-18-7-5-15-4-6-16(21)12-17(15)18/h4,6,12,14,18,22H,5,7-11,13H2,1-3H3. The number of benzene rings is 1. The van der Waals surface area contributed by atoms with Gasteiger partial charge in [-0.1, -0.05) is 22.0 Å². The monoisotopic (exact) mass is 408 g/mol. The third kappa shape index (κ3) is 4.98. The van der Waals surface area contributed by atoms with Crippen molar-refractivity contribution in [3.8, 4) is 0 Å². The van der Waals surface area contributed by atoms with E-state index in [1.54, 1.807) is 0 Å². The Morgan fingerprint density at radius 1 is 1.36 bits per heavy atom. The van der Waals surface area contributed by atoms with E-state index in [9.17, 15) is 4.79 Å². The summed E-state index contributed by atoms with van der Waals surface area (Å²) in [6.07, 6.45) is 4.36. The second-order valence-electron chi connectivity index (χ2n) is 8.26. The molecular formula is C20H29BrN2O2. The zero-order valence-electron chi connectivity index (χ0n) is 15.5. The molecule has 1 N–H and O–H groups in total. The van der Waals surface area contributed by atoms with Crippen LogP contribution in [-0.2, 0) is 11.2 Å². The van der Waals surface area contributed by atoms with Crippen LogP contribution in [0.25, 0.3) is 0 Å². The van der Waals surface area contributed by atoms with Crippen LogP contribution in [0.2, 0.25) is 0 Å². The molecule has 1 fully saturated rings. The number of halogens is 1. The highest BCUT2D eigenvalue weighted by atomic mass is 79.9. The smallest absolute Gasteiger partial charge is 0.410 e. The lowest BCUT2D eigenvalue weighted by molar-refractivity contribution is 0.0287. The van der Waals surface area contributed by atoms with E-state index < -0.39 is 5.60 Å². The lowest BCUT2D eigenvalue weighted by Gasteiger charge is -2.24. The molecule has 2 aliphatic rings. The highest BCUT2D eigenvalue weighted by Crippen LogP contribution is 2.33. The summed E-state index contributed by atoms with van der Waals surface area (Å²) in [5, 5.41) is 3.72. The van der Waals surface area contributed by atoms with E-state index >= 15 is 0 Å². The first-order chi connectivity index (χ1) is 11.8. The van der Waals surface area contributed by atoms with Crippen molar-refractivity contribution in [2.75, 3.05) is 19.6 Å². The minimum atomic E-state index is -0.416. The maximum Gasteiger partial charge on any atom is 0.410 e. The Bertz CT molecular complexity index is 627. The fraction of sp³-hybridized carbons (Fsp3) is 0.650. The lowest BCUT2D eigenvalue weighted by atomic mass is 10.0. The van der Waals surface area contributed by atoms with Crippen LogP contribution in [0.4, 0.5) is 4.79 Å². The number of amides is 1. The fourth-order valence-corrected chi connectivity index (χ4v) is 4.19. The summed E-state index contributed by atoms with van der Waals surface area (Å²) >= 11 is 3.58. The molecule has 2 atom stereocenters. The molecule has 2 unspecified atom stereocenters. The number of nitrogens with zero attached hydrogens (tertiary/aromatic N) is 1. The Labute approximate surface area is 159 Å². The zero-order chi connectivity index (χ0) is 18.0. The van der Waals surface area contributed by atoms with Crippen LogP contribution in [0.5, 0.6) is 0 Å². The summed E-state index contributed by atoms with van der Waals surface area (Å²) in [4.78, 5) is 14.0. The molecule has 25 heavy (non-hydrogen) atoms. The Balaban J connectivity index is 1.43. The normalized spacial score (nSPS) is 23.0. The number of nitrogens with one attached hydrogen (secondary N) is 1. The van der Waals surface area contributed by atoms with Gasteiger partial charge in [0.05, 0.1) is 0 Å². The van der Waals surface area contributed by atoms with Crippen molar-refractivity contribution < 1.29 is 9.53 Å². The van der Waals surface area contributed by atoms with Crippen molar-refractivity contribution in [3.05, 3.63) is 33.8 Å². The van der Waals surface area contributed by atoms with Crippen LogP contribution in [0, 0.1) is 5.92 Å². The van der Waals surface area contributed by atoms with Crippen LogP contribution in [0.15, 0.2) is 22.7 Å². The minimum Gasteiger partial charge on any atom is -0.444 e. The number of carbonyl (C=O) groups excluding carboxylic acids is 1. The molecular weight excluding hydrogens is 380 g/mol. The number of hydrogen-bond acceptors (Lipinski definition) is 3. The predicted molar refractivity (Wildman–Crippen MR) is 104 cm³/mol. The number of ether oxygens (including phenoxy) is 1. The van der Waals surface area contributed by atoms with E-state index in [2.05, 4.69) is 39.4 Å². The van der Waals surface area contributed by atoms with Gasteiger partial charge in [-0.25, -0.2) is 4.79 Å². The molecule has 1 aromatic rings. The quantitative estimate of drug-likeness (QED) is 0.786. The average molecular weight is 409 g/mol. The summed E-state index contributed by atoms with van der Waals surface area (Å²) in [6, 6.07) is 7.08. The topological polar surface area (TPSA) is 41.6 Å². The summed E-state index contributed by atoms with van der Waals surface area (Å²) in [5.41, 5.74) is 2.50. The Morgan fingerprint density at radius 3 is 2.92 bits per heavy atom. The molecule has 3 rings (SSSR count). The zero-order valence-corrected chi connectivity index (χ0v) is 17.1. The second kappa shape index (κ2) is 7.67. The van der Waals surface area contributed by atoms with Crippen molar-refractivity contribution in [2.45, 2.75) is 58.1 Å². The molecule has 0 aromatic heterocycles. The predicted octanol–water partition coefficient (Wildman–Crippen LogP) is 4.67. The summed E-state index contributed by atoms with van der Waals surface area (Å²) in [5.74, 6) is 0.573. The third-order valence-corrected chi connectivity index (χ3v) is 5.56. The number of likely N-dealkylation sites (tertiary alicyclic amines) is 1. The number of rotatable bonds is 4. The van der Waals surface area contributed by atoms with Gasteiger partial charge in [0, 0.05) is 23.6 Å². The van der Waals surface area contributed by atoms with Gasteiger partial charge in [0.25, 0.3) is 0 Å². The van der Waals surface area contributed by atoms with E-state index in [1.165, 1.54) is 17.5 Å². The lowest BCUT2D eigenvalue weighted by Crippen LogP contribution is -2.35. The van der Waals surface area contributed by atoms with Crippen molar-refractivity contribution in [1.29, 1.82) is 0 Å². The molecule has 0 radical (unpaired) electrons. The van der Waals surface area contributed by atoms with Gasteiger partial charge in [0.1, 0.15) is 5.60 Å². The molecule has 1 heterocycles. The van der Waals surface area contributed by atoms with E-state index in [4.69, 9.17) is 4.74 Å². The minimum absolute atomic E-state index is 0.169. The number of fused-ring (bicyclic) bond motifs is 1. The van der Waals surface area contributed by atoms with Crippen LogP contribution >= 0.6 is 15.9 Å². The van der Waals surface area contributed by atoms with Crippen molar-refractivity contribution in [1.82, 2.24) is 10.2 Å². The Kier molecular flexibility index (Phi) is 5.74. The van der Waals surface area contributed by atoms with E-state index in [0.29, 0.717) is 12.0 Å². The van der Waals surface area contributed by atoms with Crippen LogP contribution < -0.4 is 5.32 Å². The molecule has 1 aromatic carbocycles. The molecule has 0 saturated carbocycles. The molecule has 1 aliphatic carbocycles. The van der Waals surface area contributed by atoms with Gasteiger partial charge in [0.2, 0.25) is 0 Å². The van der Waals surface area contributed by atoms with E-state index in [-0.39, 0.29) is 6.09 Å². The summed E-state index contributed by atoms with van der Waals surface area (Å²) in [6.45, 7) is 8.39. The number of carbonyl (C=O) groups is 1. The fourth-order valence-electron chi connectivity index (χ4n) is 3.81. The highest BCUT2D eigenvalue weighted by molar-refractivity contribution is 9.10. The van der Waals surface area contributed by atoms with Gasteiger partial charge in [-0.15, -0.1) is 0 Å². The molecule has 0 spiro atoms. The average Bonchev–Trinajstić information content (AvgIpc) is 3.13. The third-order valence-electron chi connectivity index (χ3n) is 5.07. The van der Waals surface area contributed by atoms with Crippen molar-refractivity contribution in [2.24, 2.45) is 5.92 Å². The van der Waals surface area contributed by atoms with Crippen LogP contribution in [0.3, 0.4) is 0 Å². The Morgan fingerprint density at radius 2 is 2.16 bits per heavy atom.